The van der Waals surface area contributed by atoms with Gasteiger partial charge in [-0.05, 0) is 29.8 Å². The summed E-state index contributed by atoms with van der Waals surface area (Å²) >= 11 is 1.60. The summed E-state index contributed by atoms with van der Waals surface area (Å²) in [5.41, 5.74) is 1.03. The lowest BCUT2D eigenvalue weighted by Crippen LogP contribution is -2.33. The smallest absolute Gasteiger partial charge is 0.321 e. The molecule has 2 aromatic rings. The van der Waals surface area contributed by atoms with Crippen LogP contribution in [0.3, 0.4) is 0 Å². The first-order valence-electron chi connectivity index (χ1n) is 6.66. The summed E-state index contributed by atoms with van der Waals surface area (Å²) in [5, 5.41) is 12.1. The molecule has 1 fully saturated rings. The van der Waals surface area contributed by atoms with E-state index in [4.69, 9.17) is 9.84 Å². The number of ether oxygens (including phenoxy) is 1. The Morgan fingerprint density at radius 2 is 1.90 bits per heavy atom. The molecular formula is C16H15NO3S. The molecule has 0 spiro atoms. The minimum absolute atomic E-state index is 0.00887. The summed E-state index contributed by atoms with van der Waals surface area (Å²) < 4.78 is 5.80. The van der Waals surface area contributed by atoms with Crippen LogP contribution in [0.15, 0.2) is 54.6 Å². The van der Waals surface area contributed by atoms with Gasteiger partial charge in [0.1, 0.15) is 17.5 Å². The predicted octanol–water partition coefficient (Wildman–Crippen LogP) is 3.27. The zero-order valence-electron chi connectivity index (χ0n) is 11.2. The number of nitrogens with one attached hydrogen (secondary N) is 1. The number of benzene rings is 2. The van der Waals surface area contributed by atoms with Crippen molar-refractivity contribution >= 4 is 17.7 Å². The Kier molecular flexibility index (Phi) is 4.13. The molecule has 2 atom stereocenters. The lowest BCUT2D eigenvalue weighted by atomic mass is 10.2. The molecule has 0 aromatic heterocycles. The van der Waals surface area contributed by atoms with E-state index in [1.165, 1.54) is 0 Å². The van der Waals surface area contributed by atoms with Crippen LogP contribution in [0.5, 0.6) is 11.5 Å². The average molecular weight is 301 g/mol. The largest absolute Gasteiger partial charge is 0.480 e. The molecule has 0 bridgehead atoms. The van der Waals surface area contributed by atoms with Crippen molar-refractivity contribution in [2.45, 2.75) is 11.4 Å². The number of para-hydroxylation sites is 1. The van der Waals surface area contributed by atoms with Gasteiger partial charge in [-0.1, -0.05) is 30.3 Å². The summed E-state index contributed by atoms with van der Waals surface area (Å²) in [6, 6.07) is 16.8. The van der Waals surface area contributed by atoms with Gasteiger partial charge in [-0.3, -0.25) is 10.1 Å². The Labute approximate surface area is 127 Å². The van der Waals surface area contributed by atoms with Crippen molar-refractivity contribution in [1.29, 1.82) is 0 Å². The number of carbonyl (C=O) groups is 1. The predicted molar refractivity (Wildman–Crippen MR) is 82.7 cm³/mol. The summed E-state index contributed by atoms with van der Waals surface area (Å²) in [4.78, 5) is 11.0. The molecular weight excluding hydrogens is 286 g/mol. The average Bonchev–Trinajstić information content (AvgIpc) is 2.99. The summed E-state index contributed by atoms with van der Waals surface area (Å²) in [7, 11) is 0. The topological polar surface area (TPSA) is 58.6 Å². The fraction of sp³-hybridized carbons (Fsp3) is 0.188. The molecule has 1 aliphatic heterocycles. The number of carboxylic acids is 1. The van der Waals surface area contributed by atoms with Gasteiger partial charge in [0.15, 0.2) is 0 Å². The Balaban J connectivity index is 1.73. The Hall–Kier alpha value is -1.98. The molecule has 5 heteroatoms. The number of rotatable bonds is 4. The third kappa shape index (κ3) is 3.37. The quantitative estimate of drug-likeness (QED) is 0.907. The molecule has 2 aromatic carbocycles. The highest BCUT2D eigenvalue weighted by Crippen LogP contribution is 2.34. The molecule has 4 nitrogen and oxygen atoms in total. The fourth-order valence-electron chi connectivity index (χ4n) is 2.17. The van der Waals surface area contributed by atoms with Gasteiger partial charge in [-0.25, -0.2) is 0 Å². The standard InChI is InChI=1S/C16H15NO3S/c18-16(19)14-10-21-15(17-14)11-5-4-8-13(9-11)20-12-6-2-1-3-7-12/h1-9,14-15,17H,10H2,(H,18,19)/t14-,15+/m0/s1. The third-order valence-electron chi connectivity index (χ3n) is 3.22. The first-order chi connectivity index (χ1) is 10.2. The van der Waals surface area contributed by atoms with Crippen LogP contribution in [0.4, 0.5) is 0 Å². The Morgan fingerprint density at radius 3 is 2.62 bits per heavy atom. The molecule has 0 unspecified atom stereocenters. The van der Waals surface area contributed by atoms with E-state index in [0.29, 0.717) is 5.75 Å². The van der Waals surface area contributed by atoms with Crippen molar-refractivity contribution in [2.75, 3.05) is 5.75 Å². The van der Waals surface area contributed by atoms with Crippen molar-refractivity contribution in [3.05, 3.63) is 60.2 Å². The molecule has 3 rings (SSSR count). The zero-order chi connectivity index (χ0) is 14.7. The monoisotopic (exact) mass is 301 g/mol. The van der Waals surface area contributed by atoms with Crippen LogP contribution >= 0.6 is 11.8 Å². The second kappa shape index (κ2) is 6.20. The van der Waals surface area contributed by atoms with Crippen LogP contribution in [0.25, 0.3) is 0 Å². The maximum atomic E-state index is 11.0. The number of carboxylic acid groups (broad SMARTS) is 1. The highest BCUT2D eigenvalue weighted by molar-refractivity contribution is 7.99. The first-order valence-corrected chi connectivity index (χ1v) is 7.70. The third-order valence-corrected chi connectivity index (χ3v) is 4.49. The van der Waals surface area contributed by atoms with E-state index in [0.717, 1.165) is 17.1 Å². The van der Waals surface area contributed by atoms with Gasteiger partial charge in [-0.15, -0.1) is 11.8 Å². The summed E-state index contributed by atoms with van der Waals surface area (Å²) in [6.07, 6.45) is 0. The highest BCUT2D eigenvalue weighted by Gasteiger charge is 2.30. The maximum Gasteiger partial charge on any atom is 0.321 e. The molecule has 0 aliphatic carbocycles. The molecule has 0 radical (unpaired) electrons. The van der Waals surface area contributed by atoms with Gasteiger partial charge in [0, 0.05) is 5.75 Å². The minimum atomic E-state index is -0.804. The lowest BCUT2D eigenvalue weighted by molar-refractivity contribution is -0.138. The van der Waals surface area contributed by atoms with E-state index in [2.05, 4.69) is 5.32 Å². The Morgan fingerprint density at radius 1 is 1.14 bits per heavy atom. The van der Waals surface area contributed by atoms with Crippen molar-refractivity contribution < 1.29 is 14.6 Å². The summed E-state index contributed by atoms with van der Waals surface area (Å²) in [5.74, 6) is 1.30. The van der Waals surface area contributed by atoms with E-state index in [1.807, 2.05) is 54.6 Å². The van der Waals surface area contributed by atoms with Crippen LogP contribution in [-0.2, 0) is 4.79 Å². The van der Waals surface area contributed by atoms with Crippen LogP contribution in [0.1, 0.15) is 10.9 Å². The van der Waals surface area contributed by atoms with Crippen LogP contribution < -0.4 is 10.1 Å². The molecule has 1 heterocycles. The lowest BCUT2D eigenvalue weighted by Gasteiger charge is -2.13. The number of hydrogen-bond donors (Lipinski definition) is 2. The minimum Gasteiger partial charge on any atom is -0.480 e. The second-order valence-electron chi connectivity index (χ2n) is 4.76. The van der Waals surface area contributed by atoms with Crippen LogP contribution in [0, 0.1) is 0 Å². The van der Waals surface area contributed by atoms with Gasteiger partial charge in [-0.2, -0.15) is 0 Å². The normalized spacial score (nSPS) is 21.1. The van der Waals surface area contributed by atoms with E-state index in [1.54, 1.807) is 11.8 Å². The van der Waals surface area contributed by atoms with Gasteiger partial charge in [0.05, 0.1) is 5.37 Å². The Bertz CT molecular complexity index is 632. The van der Waals surface area contributed by atoms with E-state index >= 15 is 0 Å². The van der Waals surface area contributed by atoms with Gasteiger partial charge >= 0.3 is 5.97 Å². The first kappa shape index (κ1) is 14.0. The van der Waals surface area contributed by atoms with Gasteiger partial charge < -0.3 is 9.84 Å². The van der Waals surface area contributed by atoms with E-state index in [9.17, 15) is 4.79 Å². The molecule has 108 valence electrons. The van der Waals surface area contributed by atoms with Gasteiger partial charge in [0.2, 0.25) is 0 Å². The number of hydrogen-bond acceptors (Lipinski definition) is 4. The maximum absolute atomic E-state index is 11.0. The van der Waals surface area contributed by atoms with Crippen LogP contribution in [-0.4, -0.2) is 22.9 Å². The van der Waals surface area contributed by atoms with Crippen molar-refractivity contribution in [1.82, 2.24) is 5.32 Å². The zero-order valence-corrected chi connectivity index (χ0v) is 12.0. The molecule has 1 saturated heterocycles. The molecule has 0 saturated carbocycles. The van der Waals surface area contributed by atoms with Crippen molar-refractivity contribution in [3.8, 4) is 11.5 Å². The fourth-order valence-corrected chi connectivity index (χ4v) is 3.40. The molecule has 21 heavy (non-hydrogen) atoms. The van der Waals surface area contributed by atoms with Gasteiger partial charge in [0.25, 0.3) is 0 Å². The van der Waals surface area contributed by atoms with E-state index < -0.39 is 12.0 Å². The molecule has 2 N–H and O–H groups in total. The molecule has 1 aliphatic rings. The molecule has 0 amide bonds. The summed E-state index contributed by atoms with van der Waals surface area (Å²) in [6.45, 7) is 0. The number of thioether (sulfide) groups is 1. The van der Waals surface area contributed by atoms with Crippen molar-refractivity contribution in [2.24, 2.45) is 0 Å². The number of aliphatic carboxylic acids is 1. The van der Waals surface area contributed by atoms with E-state index in [-0.39, 0.29) is 5.37 Å². The second-order valence-corrected chi connectivity index (χ2v) is 5.90. The highest BCUT2D eigenvalue weighted by atomic mass is 32.2. The SMILES string of the molecule is O=C(O)[C@@H]1CS[C@H](c2cccc(Oc3ccccc3)c2)N1. The van der Waals surface area contributed by atoms with Crippen molar-refractivity contribution in [3.63, 3.8) is 0 Å². The van der Waals surface area contributed by atoms with Crippen LogP contribution in [0.2, 0.25) is 0 Å².